The van der Waals surface area contributed by atoms with Gasteiger partial charge in [0.25, 0.3) is 0 Å². The minimum atomic E-state index is -0.901. The van der Waals surface area contributed by atoms with E-state index in [1.165, 1.54) is 19.3 Å². The van der Waals surface area contributed by atoms with Crippen LogP contribution < -0.4 is 0 Å². The molecule has 2 atom stereocenters. The van der Waals surface area contributed by atoms with E-state index in [2.05, 4.69) is 24.0 Å². The maximum Gasteiger partial charge on any atom is 0.335 e. The van der Waals surface area contributed by atoms with E-state index < -0.39 is 5.97 Å². The van der Waals surface area contributed by atoms with E-state index in [1.54, 1.807) is 24.3 Å². The van der Waals surface area contributed by atoms with Crippen molar-refractivity contribution >= 4 is 12.2 Å². The number of carboxylic acids is 1. The van der Waals surface area contributed by atoms with Gasteiger partial charge in [0.05, 0.1) is 11.8 Å². The molecule has 0 bridgehead atoms. The van der Waals surface area contributed by atoms with Gasteiger partial charge in [0.1, 0.15) is 0 Å². The lowest BCUT2D eigenvalue weighted by Gasteiger charge is -2.36. The average molecular weight is 260 g/mol. The van der Waals surface area contributed by atoms with Gasteiger partial charge in [-0.2, -0.15) is 5.10 Å². The zero-order chi connectivity index (χ0) is 13.8. The fourth-order valence-corrected chi connectivity index (χ4v) is 2.48. The van der Waals surface area contributed by atoms with Gasteiger partial charge in [-0.15, -0.1) is 0 Å². The zero-order valence-electron chi connectivity index (χ0n) is 11.4. The summed E-state index contributed by atoms with van der Waals surface area (Å²) in [7, 11) is 0. The second kappa shape index (κ2) is 5.87. The largest absolute Gasteiger partial charge is 0.478 e. The highest BCUT2D eigenvalue weighted by molar-refractivity contribution is 5.89. The molecule has 1 N–H and O–H groups in total. The molecule has 0 aromatic heterocycles. The van der Waals surface area contributed by atoms with Crippen LogP contribution in [-0.4, -0.2) is 34.4 Å². The van der Waals surface area contributed by atoms with Crippen molar-refractivity contribution in [3.63, 3.8) is 0 Å². The van der Waals surface area contributed by atoms with Crippen molar-refractivity contribution < 1.29 is 9.90 Å². The summed E-state index contributed by atoms with van der Waals surface area (Å²) in [6.45, 7) is 4.39. The van der Waals surface area contributed by atoms with E-state index in [9.17, 15) is 4.79 Å². The lowest BCUT2D eigenvalue weighted by Crippen LogP contribution is -2.39. The lowest BCUT2D eigenvalue weighted by atomic mass is 10.00. The highest BCUT2D eigenvalue weighted by Crippen LogP contribution is 2.22. The molecule has 1 heterocycles. The SMILES string of the molecule is C[C@@H]1CCC[C@@H](C)N1/N=C\c1ccc(C(=O)O)cc1. The summed E-state index contributed by atoms with van der Waals surface area (Å²) in [5.41, 5.74) is 1.23. The van der Waals surface area contributed by atoms with Crippen LogP contribution in [0.4, 0.5) is 0 Å². The van der Waals surface area contributed by atoms with Crippen molar-refractivity contribution in [3.05, 3.63) is 35.4 Å². The molecule has 4 heteroatoms. The van der Waals surface area contributed by atoms with Crippen LogP contribution in [0.15, 0.2) is 29.4 Å². The predicted molar refractivity (Wildman–Crippen MR) is 75.6 cm³/mol. The maximum atomic E-state index is 10.8. The van der Waals surface area contributed by atoms with Gasteiger partial charge in [-0.3, -0.25) is 5.01 Å². The molecule has 1 aromatic carbocycles. The third-order valence-corrected chi connectivity index (χ3v) is 3.64. The minimum Gasteiger partial charge on any atom is -0.478 e. The molecule has 0 spiro atoms. The van der Waals surface area contributed by atoms with E-state index in [-0.39, 0.29) is 0 Å². The smallest absolute Gasteiger partial charge is 0.335 e. The summed E-state index contributed by atoms with van der Waals surface area (Å²) < 4.78 is 0. The predicted octanol–water partition coefficient (Wildman–Crippen LogP) is 2.98. The molecule has 4 nitrogen and oxygen atoms in total. The number of hydrogen-bond acceptors (Lipinski definition) is 3. The average Bonchev–Trinajstić information content (AvgIpc) is 2.38. The first-order valence-electron chi connectivity index (χ1n) is 6.73. The second-order valence-corrected chi connectivity index (χ2v) is 5.18. The molecule has 0 radical (unpaired) electrons. The van der Waals surface area contributed by atoms with Crippen LogP contribution >= 0.6 is 0 Å². The molecule has 2 rings (SSSR count). The Morgan fingerprint density at radius 3 is 2.37 bits per heavy atom. The summed E-state index contributed by atoms with van der Waals surface area (Å²) in [5, 5.41) is 15.5. The molecular formula is C15H20N2O2. The summed E-state index contributed by atoms with van der Waals surface area (Å²) in [6.07, 6.45) is 5.44. The zero-order valence-corrected chi connectivity index (χ0v) is 11.4. The molecule has 1 aliphatic rings. The molecule has 0 amide bonds. The van der Waals surface area contributed by atoms with Gasteiger partial charge < -0.3 is 5.11 Å². The number of hydrazone groups is 1. The number of aromatic carboxylic acids is 1. The summed E-state index contributed by atoms with van der Waals surface area (Å²) in [5.74, 6) is -0.901. The van der Waals surface area contributed by atoms with Gasteiger partial charge in [0.15, 0.2) is 0 Å². The Morgan fingerprint density at radius 1 is 1.26 bits per heavy atom. The van der Waals surface area contributed by atoms with Crippen molar-refractivity contribution in [2.45, 2.75) is 45.2 Å². The van der Waals surface area contributed by atoms with Crippen LogP contribution in [0.2, 0.25) is 0 Å². The van der Waals surface area contributed by atoms with Crippen LogP contribution in [0, 0.1) is 0 Å². The highest BCUT2D eigenvalue weighted by Gasteiger charge is 2.22. The first-order valence-corrected chi connectivity index (χ1v) is 6.73. The number of rotatable bonds is 3. The molecule has 19 heavy (non-hydrogen) atoms. The molecule has 102 valence electrons. The Bertz CT molecular complexity index is 458. The second-order valence-electron chi connectivity index (χ2n) is 5.18. The van der Waals surface area contributed by atoms with Gasteiger partial charge in [0.2, 0.25) is 0 Å². The number of hydrogen-bond donors (Lipinski definition) is 1. The quantitative estimate of drug-likeness (QED) is 0.850. The maximum absolute atomic E-state index is 10.8. The Labute approximate surface area is 113 Å². The third-order valence-electron chi connectivity index (χ3n) is 3.64. The fourth-order valence-electron chi connectivity index (χ4n) is 2.48. The van der Waals surface area contributed by atoms with E-state index >= 15 is 0 Å². The van der Waals surface area contributed by atoms with E-state index in [1.807, 2.05) is 6.21 Å². The lowest BCUT2D eigenvalue weighted by molar-refractivity contribution is 0.0697. The molecule has 0 saturated carbocycles. The number of nitrogens with zero attached hydrogens (tertiary/aromatic N) is 2. The van der Waals surface area contributed by atoms with Gasteiger partial charge in [0, 0.05) is 12.1 Å². The Kier molecular flexibility index (Phi) is 4.20. The molecule has 0 unspecified atom stereocenters. The molecular weight excluding hydrogens is 240 g/mol. The number of carbonyl (C=O) groups is 1. The normalized spacial score (nSPS) is 23.8. The van der Waals surface area contributed by atoms with E-state index in [0.717, 1.165) is 5.56 Å². The van der Waals surface area contributed by atoms with Crippen LogP contribution in [-0.2, 0) is 0 Å². The Morgan fingerprint density at radius 2 is 1.84 bits per heavy atom. The molecule has 1 aromatic rings. The van der Waals surface area contributed by atoms with Crippen molar-refractivity contribution in [1.82, 2.24) is 5.01 Å². The number of benzene rings is 1. The fraction of sp³-hybridized carbons (Fsp3) is 0.467. The van der Waals surface area contributed by atoms with Crippen molar-refractivity contribution in [2.75, 3.05) is 0 Å². The highest BCUT2D eigenvalue weighted by atomic mass is 16.4. The number of carboxylic acid groups (broad SMARTS) is 1. The van der Waals surface area contributed by atoms with Crippen molar-refractivity contribution in [1.29, 1.82) is 0 Å². The standard InChI is InChI=1S/C15H20N2O2/c1-11-4-3-5-12(2)17(11)16-10-13-6-8-14(9-7-13)15(18)19/h6-12H,3-5H2,1-2H3,(H,18,19)/b16-10-/t11-,12-/m1/s1. The van der Waals surface area contributed by atoms with Crippen molar-refractivity contribution in [2.24, 2.45) is 5.10 Å². The Balaban J connectivity index is 2.07. The van der Waals surface area contributed by atoms with Crippen LogP contribution in [0.3, 0.4) is 0 Å². The molecule has 1 saturated heterocycles. The van der Waals surface area contributed by atoms with Crippen LogP contribution in [0.1, 0.15) is 49.0 Å². The third kappa shape index (κ3) is 3.34. The number of piperidine rings is 1. The molecule has 1 fully saturated rings. The van der Waals surface area contributed by atoms with Gasteiger partial charge in [-0.25, -0.2) is 4.79 Å². The first kappa shape index (κ1) is 13.6. The van der Waals surface area contributed by atoms with Crippen LogP contribution in [0.25, 0.3) is 0 Å². The monoisotopic (exact) mass is 260 g/mol. The molecule has 1 aliphatic heterocycles. The summed E-state index contributed by atoms with van der Waals surface area (Å²) in [6, 6.07) is 7.72. The molecule has 0 aliphatic carbocycles. The first-order chi connectivity index (χ1) is 9.08. The van der Waals surface area contributed by atoms with Gasteiger partial charge in [-0.1, -0.05) is 12.1 Å². The van der Waals surface area contributed by atoms with E-state index in [0.29, 0.717) is 17.6 Å². The Hall–Kier alpha value is -1.84. The van der Waals surface area contributed by atoms with E-state index in [4.69, 9.17) is 5.11 Å². The van der Waals surface area contributed by atoms with Gasteiger partial charge >= 0.3 is 5.97 Å². The van der Waals surface area contributed by atoms with Crippen molar-refractivity contribution in [3.8, 4) is 0 Å². The summed E-state index contributed by atoms with van der Waals surface area (Å²) >= 11 is 0. The minimum absolute atomic E-state index is 0.303. The van der Waals surface area contributed by atoms with Gasteiger partial charge in [-0.05, 0) is 50.8 Å². The summed E-state index contributed by atoms with van der Waals surface area (Å²) in [4.78, 5) is 10.8. The topological polar surface area (TPSA) is 52.9 Å². The van der Waals surface area contributed by atoms with Crippen LogP contribution in [0.5, 0.6) is 0 Å².